The molecule has 0 aliphatic carbocycles. The first kappa shape index (κ1) is 21.3. The molecule has 1 aliphatic heterocycles. The maximum absolute atomic E-state index is 14.0. The molecule has 2 aromatic rings. The van der Waals surface area contributed by atoms with Gasteiger partial charge >= 0.3 is 11.9 Å². The molecule has 1 heterocycles. The van der Waals surface area contributed by atoms with Crippen LogP contribution in [0.15, 0.2) is 42.5 Å². The Hall–Kier alpha value is -3.42. The van der Waals surface area contributed by atoms with Crippen molar-refractivity contribution in [1.82, 2.24) is 0 Å². The molecule has 158 valence electrons. The zero-order chi connectivity index (χ0) is 21.7. The minimum absolute atomic E-state index is 0.0125. The molecule has 30 heavy (non-hydrogen) atoms. The number of anilines is 2. The summed E-state index contributed by atoms with van der Waals surface area (Å²) in [4.78, 5) is 38.1. The fourth-order valence-corrected chi connectivity index (χ4v) is 3.53. The number of hydrogen-bond acceptors (Lipinski definition) is 5. The normalized spacial score (nSPS) is 16.1. The van der Waals surface area contributed by atoms with Crippen molar-refractivity contribution in [2.75, 3.05) is 29.9 Å². The van der Waals surface area contributed by atoms with Crippen LogP contribution in [0.3, 0.4) is 0 Å². The van der Waals surface area contributed by atoms with Gasteiger partial charge in [0, 0.05) is 13.1 Å². The van der Waals surface area contributed by atoms with Gasteiger partial charge in [-0.2, -0.15) is 0 Å². The van der Waals surface area contributed by atoms with E-state index in [2.05, 4.69) is 5.32 Å². The van der Waals surface area contributed by atoms with E-state index in [0.29, 0.717) is 31.8 Å². The van der Waals surface area contributed by atoms with E-state index in [4.69, 9.17) is 4.74 Å². The molecule has 0 saturated carbocycles. The van der Waals surface area contributed by atoms with E-state index >= 15 is 0 Å². The lowest BCUT2D eigenvalue weighted by Gasteiger charge is -2.34. The van der Waals surface area contributed by atoms with Crippen molar-refractivity contribution in [2.45, 2.75) is 19.8 Å². The van der Waals surface area contributed by atoms with E-state index in [1.54, 1.807) is 19.1 Å². The zero-order valence-corrected chi connectivity index (χ0v) is 16.6. The number of rotatable bonds is 6. The van der Waals surface area contributed by atoms with Gasteiger partial charge in [0.15, 0.2) is 0 Å². The third kappa shape index (κ3) is 4.76. The highest BCUT2D eigenvalue weighted by atomic mass is 19.1. The molecule has 1 saturated heterocycles. The first-order valence-corrected chi connectivity index (χ1v) is 9.75. The van der Waals surface area contributed by atoms with Crippen molar-refractivity contribution in [3.63, 3.8) is 0 Å². The molecule has 2 N–H and O–H groups in total. The van der Waals surface area contributed by atoms with Gasteiger partial charge in [0.05, 0.1) is 35.0 Å². The largest absolute Gasteiger partial charge is 0.478 e. The van der Waals surface area contributed by atoms with Crippen molar-refractivity contribution >= 4 is 29.2 Å². The molecule has 3 rings (SSSR count). The Morgan fingerprint density at radius 3 is 2.70 bits per heavy atom. The van der Waals surface area contributed by atoms with E-state index in [-0.39, 0.29) is 28.7 Å². The Balaban J connectivity index is 1.91. The lowest BCUT2D eigenvalue weighted by Crippen LogP contribution is -2.40. The monoisotopic (exact) mass is 414 g/mol. The Bertz CT molecular complexity index is 962. The maximum atomic E-state index is 14.0. The number of aromatic carboxylic acids is 1. The average Bonchev–Trinajstić information content (AvgIpc) is 2.74. The number of carbonyl (C=O) groups excluding carboxylic acids is 2. The minimum Gasteiger partial charge on any atom is -0.478 e. The molecule has 1 fully saturated rings. The van der Waals surface area contributed by atoms with Crippen LogP contribution >= 0.6 is 0 Å². The number of carboxylic acids is 1. The van der Waals surface area contributed by atoms with Crippen molar-refractivity contribution in [3.8, 4) is 0 Å². The number of halogens is 1. The van der Waals surface area contributed by atoms with Gasteiger partial charge in [0.1, 0.15) is 5.82 Å². The van der Waals surface area contributed by atoms with Gasteiger partial charge in [-0.15, -0.1) is 0 Å². The predicted octanol–water partition coefficient (Wildman–Crippen LogP) is 3.56. The Morgan fingerprint density at radius 2 is 2.00 bits per heavy atom. The van der Waals surface area contributed by atoms with Crippen LogP contribution in [0.4, 0.5) is 15.8 Å². The number of hydrogen-bond donors (Lipinski definition) is 2. The quantitative estimate of drug-likeness (QED) is 0.702. The summed E-state index contributed by atoms with van der Waals surface area (Å²) in [5, 5.41) is 12.0. The van der Waals surface area contributed by atoms with Gasteiger partial charge in [0.2, 0.25) is 0 Å². The van der Waals surface area contributed by atoms with Crippen LogP contribution in [-0.2, 0) is 9.53 Å². The standard InChI is InChI=1S/C22H23FN2O5/c1-2-30-22(29)15-6-5-11-25(13-15)19-10-9-14(21(27)28)12-18(19)24-20(26)16-7-3-4-8-17(16)23/h3-4,7-10,12,15H,2,5-6,11,13H2,1H3,(H,24,26)(H,27,28)/t15-/m0/s1. The molecule has 0 radical (unpaired) electrons. The summed E-state index contributed by atoms with van der Waals surface area (Å²) in [5.41, 5.74) is 0.653. The number of carboxylic acid groups (broad SMARTS) is 1. The third-order valence-electron chi connectivity index (χ3n) is 4.99. The predicted molar refractivity (Wildman–Crippen MR) is 109 cm³/mol. The van der Waals surface area contributed by atoms with Crippen molar-refractivity contribution in [2.24, 2.45) is 5.92 Å². The number of esters is 1. The number of ether oxygens (including phenoxy) is 1. The van der Waals surface area contributed by atoms with Gasteiger partial charge in [-0.3, -0.25) is 9.59 Å². The molecule has 1 aliphatic rings. The van der Waals surface area contributed by atoms with Gasteiger partial charge < -0.3 is 20.1 Å². The molecular weight excluding hydrogens is 391 g/mol. The average molecular weight is 414 g/mol. The summed E-state index contributed by atoms with van der Waals surface area (Å²) < 4.78 is 19.1. The summed E-state index contributed by atoms with van der Waals surface area (Å²) in [7, 11) is 0. The number of amides is 1. The molecule has 0 spiro atoms. The number of benzene rings is 2. The zero-order valence-electron chi connectivity index (χ0n) is 16.6. The molecule has 8 heteroatoms. The fraction of sp³-hybridized carbons (Fsp3) is 0.318. The van der Waals surface area contributed by atoms with Gasteiger partial charge in [-0.05, 0) is 50.1 Å². The van der Waals surface area contributed by atoms with Crippen LogP contribution in [0.2, 0.25) is 0 Å². The Kier molecular flexibility index (Phi) is 6.66. The highest BCUT2D eigenvalue weighted by Crippen LogP contribution is 2.32. The van der Waals surface area contributed by atoms with E-state index in [1.165, 1.54) is 30.3 Å². The second kappa shape index (κ2) is 9.39. The summed E-state index contributed by atoms with van der Waals surface area (Å²) in [6.45, 7) is 3.06. The Morgan fingerprint density at radius 1 is 1.23 bits per heavy atom. The van der Waals surface area contributed by atoms with Gasteiger partial charge in [-0.1, -0.05) is 12.1 Å². The first-order chi connectivity index (χ1) is 14.4. The SMILES string of the molecule is CCOC(=O)[C@H]1CCCN(c2ccc(C(=O)O)cc2NC(=O)c2ccccc2F)C1. The minimum atomic E-state index is -1.15. The molecular formula is C22H23FN2O5. The third-order valence-corrected chi connectivity index (χ3v) is 4.99. The second-order valence-corrected chi connectivity index (χ2v) is 7.01. The highest BCUT2D eigenvalue weighted by Gasteiger charge is 2.28. The van der Waals surface area contributed by atoms with Crippen LogP contribution in [0.5, 0.6) is 0 Å². The van der Waals surface area contributed by atoms with Crippen LogP contribution in [0, 0.1) is 11.7 Å². The summed E-state index contributed by atoms with van der Waals surface area (Å²) in [6.07, 6.45) is 1.43. The summed E-state index contributed by atoms with van der Waals surface area (Å²) in [5.74, 6) is -3.10. The molecule has 0 unspecified atom stereocenters. The van der Waals surface area contributed by atoms with E-state index < -0.39 is 17.7 Å². The molecule has 1 amide bonds. The maximum Gasteiger partial charge on any atom is 0.335 e. The topological polar surface area (TPSA) is 95.9 Å². The molecule has 0 aromatic heterocycles. The summed E-state index contributed by atoms with van der Waals surface area (Å²) in [6, 6.07) is 9.91. The number of nitrogens with one attached hydrogen (secondary N) is 1. The molecule has 2 aromatic carbocycles. The molecule has 0 bridgehead atoms. The molecule has 7 nitrogen and oxygen atoms in total. The summed E-state index contributed by atoms with van der Waals surface area (Å²) >= 11 is 0. The molecule has 1 atom stereocenters. The van der Waals surface area contributed by atoms with E-state index in [9.17, 15) is 23.9 Å². The first-order valence-electron chi connectivity index (χ1n) is 9.75. The van der Waals surface area contributed by atoms with Crippen LogP contribution < -0.4 is 10.2 Å². The lowest BCUT2D eigenvalue weighted by molar-refractivity contribution is -0.148. The van der Waals surface area contributed by atoms with Crippen LogP contribution in [-0.4, -0.2) is 42.6 Å². The van der Waals surface area contributed by atoms with Crippen LogP contribution in [0.25, 0.3) is 0 Å². The Labute approximate surface area is 173 Å². The second-order valence-electron chi connectivity index (χ2n) is 7.01. The number of piperidine rings is 1. The van der Waals surface area contributed by atoms with Crippen molar-refractivity contribution in [1.29, 1.82) is 0 Å². The van der Waals surface area contributed by atoms with Crippen LogP contribution in [0.1, 0.15) is 40.5 Å². The van der Waals surface area contributed by atoms with E-state index in [0.717, 1.165) is 6.42 Å². The number of carbonyl (C=O) groups is 3. The lowest BCUT2D eigenvalue weighted by atomic mass is 9.97. The van der Waals surface area contributed by atoms with Gasteiger partial charge in [-0.25, -0.2) is 9.18 Å². The fourth-order valence-electron chi connectivity index (χ4n) is 3.53. The smallest absolute Gasteiger partial charge is 0.335 e. The highest BCUT2D eigenvalue weighted by molar-refractivity contribution is 6.07. The number of nitrogens with zero attached hydrogens (tertiary/aromatic N) is 1. The van der Waals surface area contributed by atoms with Crippen molar-refractivity contribution < 1.29 is 28.6 Å². The van der Waals surface area contributed by atoms with Gasteiger partial charge in [0.25, 0.3) is 5.91 Å². The van der Waals surface area contributed by atoms with Crippen molar-refractivity contribution in [3.05, 3.63) is 59.4 Å². The van der Waals surface area contributed by atoms with E-state index in [1.807, 2.05) is 4.90 Å².